The Morgan fingerprint density at radius 1 is 1.14 bits per heavy atom. The van der Waals surface area contributed by atoms with E-state index in [1.165, 1.54) is 69.5 Å². The molecule has 1 heterocycles. The molecule has 2 fully saturated rings. The summed E-state index contributed by atoms with van der Waals surface area (Å²) in [6.45, 7) is 0.834. The van der Waals surface area contributed by atoms with E-state index in [4.69, 9.17) is 0 Å². The van der Waals surface area contributed by atoms with Crippen LogP contribution in [0.5, 0.6) is 0 Å². The quantitative estimate of drug-likeness (QED) is 0.789. The Hall–Kier alpha value is -1.04. The normalized spacial score (nSPS) is 20.4. The summed E-state index contributed by atoms with van der Waals surface area (Å²) in [5, 5.41) is 11.0. The lowest BCUT2D eigenvalue weighted by Gasteiger charge is -2.21. The van der Waals surface area contributed by atoms with Crippen molar-refractivity contribution in [3.05, 3.63) is 5.82 Å². The number of aromatic amines is 1. The third-order valence-electron chi connectivity index (χ3n) is 4.87. The number of aromatic nitrogens is 3. The maximum atomic E-state index is 11.9. The number of hydrogen-bond acceptors (Lipinski definition) is 4. The molecule has 2 aliphatic rings. The first-order valence-corrected chi connectivity index (χ1v) is 9.61. The first-order valence-electron chi connectivity index (χ1n) is 8.63. The number of amides is 1. The zero-order valence-electron chi connectivity index (χ0n) is 13.1. The van der Waals surface area contributed by atoms with Gasteiger partial charge in [0.05, 0.1) is 5.75 Å². The summed E-state index contributed by atoms with van der Waals surface area (Å²) in [6.07, 6.45) is 11.5. The lowest BCUT2D eigenvalue weighted by atomic mass is 9.89. The van der Waals surface area contributed by atoms with Crippen molar-refractivity contribution < 1.29 is 4.79 Å². The van der Waals surface area contributed by atoms with Crippen molar-refractivity contribution in [2.24, 2.45) is 5.92 Å². The molecule has 1 aromatic rings. The Morgan fingerprint density at radius 2 is 1.86 bits per heavy atom. The third kappa shape index (κ3) is 4.48. The molecule has 0 unspecified atom stereocenters. The first-order chi connectivity index (χ1) is 10.8. The Bertz CT molecular complexity index is 478. The molecule has 22 heavy (non-hydrogen) atoms. The highest BCUT2D eigenvalue weighted by Crippen LogP contribution is 2.32. The van der Waals surface area contributed by atoms with E-state index in [0.717, 1.165) is 12.4 Å². The number of rotatable bonds is 6. The second kappa shape index (κ2) is 7.99. The number of nitrogens with zero attached hydrogens (tertiary/aromatic N) is 2. The van der Waals surface area contributed by atoms with Gasteiger partial charge in [0.25, 0.3) is 0 Å². The minimum Gasteiger partial charge on any atom is -0.355 e. The van der Waals surface area contributed by atoms with E-state index < -0.39 is 0 Å². The predicted octanol–water partition coefficient (Wildman–Crippen LogP) is 3.25. The molecule has 0 aromatic carbocycles. The number of H-pyrrole nitrogens is 1. The molecule has 0 atom stereocenters. The van der Waals surface area contributed by atoms with Crippen molar-refractivity contribution in [1.82, 2.24) is 20.5 Å². The third-order valence-corrected chi connectivity index (χ3v) is 5.72. The Kier molecular flexibility index (Phi) is 5.76. The fourth-order valence-corrected chi connectivity index (χ4v) is 4.17. The van der Waals surface area contributed by atoms with E-state index in [9.17, 15) is 4.79 Å². The van der Waals surface area contributed by atoms with E-state index >= 15 is 0 Å². The minimum atomic E-state index is 0.0998. The number of hydrogen-bond donors (Lipinski definition) is 2. The van der Waals surface area contributed by atoms with Crippen LogP contribution in [0.2, 0.25) is 0 Å². The van der Waals surface area contributed by atoms with Crippen molar-refractivity contribution in [3.8, 4) is 0 Å². The Balaban J connectivity index is 1.37. The van der Waals surface area contributed by atoms with Gasteiger partial charge in [0.1, 0.15) is 5.82 Å². The lowest BCUT2D eigenvalue weighted by Crippen LogP contribution is -2.31. The predicted molar refractivity (Wildman–Crippen MR) is 87.9 cm³/mol. The zero-order valence-corrected chi connectivity index (χ0v) is 14.0. The van der Waals surface area contributed by atoms with Crippen molar-refractivity contribution in [3.63, 3.8) is 0 Å². The highest BCUT2D eigenvalue weighted by molar-refractivity contribution is 7.99. The summed E-state index contributed by atoms with van der Waals surface area (Å²) in [5.41, 5.74) is 0. The molecule has 6 heteroatoms. The van der Waals surface area contributed by atoms with E-state index in [0.29, 0.717) is 22.7 Å². The minimum absolute atomic E-state index is 0.0998. The SMILES string of the molecule is O=C(CSc1n[nH]c(C2CCCC2)n1)NCC1CCCCC1. The van der Waals surface area contributed by atoms with E-state index in [1.54, 1.807) is 0 Å². The topological polar surface area (TPSA) is 70.7 Å². The second-order valence-electron chi connectivity index (χ2n) is 6.58. The molecule has 0 saturated heterocycles. The largest absolute Gasteiger partial charge is 0.355 e. The molecule has 2 saturated carbocycles. The number of nitrogens with one attached hydrogen (secondary N) is 2. The van der Waals surface area contributed by atoms with Gasteiger partial charge in [-0.1, -0.05) is 43.9 Å². The van der Waals surface area contributed by atoms with Crippen LogP contribution in [0, 0.1) is 5.92 Å². The van der Waals surface area contributed by atoms with Gasteiger partial charge in [-0.25, -0.2) is 4.98 Å². The maximum Gasteiger partial charge on any atom is 0.230 e. The van der Waals surface area contributed by atoms with Gasteiger partial charge in [0.15, 0.2) is 0 Å². The standard InChI is InChI=1S/C16H26N4OS/c21-14(17-10-12-6-2-1-3-7-12)11-22-16-18-15(19-20-16)13-8-4-5-9-13/h12-13H,1-11H2,(H,17,21)(H,18,19,20). The fraction of sp³-hybridized carbons (Fsp3) is 0.812. The van der Waals surface area contributed by atoms with E-state index in [-0.39, 0.29) is 5.91 Å². The summed E-state index contributed by atoms with van der Waals surface area (Å²) in [5.74, 6) is 2.74. The van der Waals surface area contributed by atoms with E-state index in [1.807, 2.05) is 0 Å². The molecular formula is C16H26N4OS. The molecule has 2 aliphatic carbocycles. The molecule has 3 rings (SSSR count). The number of thioether (sulfide) groups is 1. The van der Waals surface area contributed by atoms with Crippen LogP contribution < -0.4 is 5.32 Å². The van der Waals surface area contributed by atoms with Crippen LogP contribution in [0.1, 0.15) is 69.5 Å². The van der Waals surface area contributed by atoms with Crippen molar-refractivity contribution in [2.75, 3.05) is 12.3 Å². The van der Waals surface area contributed by atoms with Gasteiger partial charge < -0.3 is 5.32 Å². The summed E-state index contributed by atoms with van der Waals surface area (Å²) < 4.78 is 0. The summed E-state index contributed by atoms with van der Waals surface area (Å²) in [4.78, 5) is 16.5. The van der Waals surface area contributed by atoms with Gasteiger partial charge in [0.2, 0.25) is 11.1 Å². The average molecular weight is 322 g/mol. The van der Waals surface area contributed by atoms with Crippen LogP contribution in [-0.4, -0.2) is 33.4 Å². The monoisotopic (exact) mass is 322 g/mol. The van der Waals surface area contributed by atoms with Crippen molar-refractivity contribution in [2.45, 2.75) is 68.9 Å². The Labute approximate surface area is 136 Å². The first kappa shape index (κ1) is 15.8. The van der Waals surface area contributed by atoms with Crippen LogP contribution in [-0.2, 0) is 4.79 Å². The summed E-state index contributed by atoms with van der Waals surface area (Å²) >= 11 is 1.43. The molecule has 122 valence electrons. The van der Waals surface area contributed by atoms with Gasteiger partial charge in [-0.15, -0.1) is 5.10 Å². The van der Waals surface area contributed by atoms with Crippen LogP contribution in [0.15, 0.2) is 5.16 Å². The van der Waals surface area contributed by atoms with Crippen LogP contribution in [0.3, 0.4) is 0 Å². The van der Waals surface area contributed by atoms with Gasteiger partial charge in [-0.3, -0.25) is 9.89 Å². The zero-order chi connectivity index (χ0) is 15.2. The average Bonchev–Trinajstić information content (AvgIpc) is 3.22. The Morgan fingerprint density at radius 3 is 2.64 bits per heavy atom. The van der Waals surface area contributed by atoms with Gasteiger partial charge in [-0.05, 0) is 31.6 Å². The number of carbonyl (C=O) groups excluding carboxylic acids is 1. The molecule has 0 spiro atoms. The van der Waals surface area contributed by atoms with Crippen LogP contribution >= 0.6 is 11.8 Å². The van der Waals surface area contributed by atoms with Crippen molar-refractivity contribution in [1.29, 1.82) is 0 Å². The molecule has 1 aromatic heterocycles. The molecular weight excluding hydrogens is 296 g/mol. The fourth-order valence-electron chi connectivity index (χ4n) is 3.54. The summed E-state index contributed by atoms with van der Waals surface area (Å²) in [6, 6.07) is 0. The maximum absolute atomic E-state index is 11.9. The molecule has 2 N–H and O–H groups in total. The summed E-state index contributed by atoms with van der Waals surface area (Å²) in [7, 11) is 0. The van der Waals surface area contributed by atoms with Gasteiger partial charge in [0, 0.05) is 12.5 Å². The van der Waals surface area contributed by atoms with Crippen molar-refractivity contribution >= 4 is 17.7 Å². The molecule has 1 amide bonds. The molecule has 0 radical (unpaired) electrons. The lowest BCUT2D eigenvalue weighted by molar-refractivity contribution is -0.118. The van der Waals surface area contributed by atoms with Crippen LogP contribution in [0.25, 0.3) is 0 Å². The second-order valence-corrected chi connectivity index (χ2v) is 7.52. The molecule has 5 nitrogen and oxygen atoms in total. The molecule has 0 aliphatic heterocycles. The van der Waals surface area contributed by atoms with Gasteiger partial charge in [-0.2, -0.15) is 0 Å². The van der Waals surface area contributed by atoms with Gasteiger partial charge >= 0.3 is 0 Å². The van der Waals surface area contributed by atoms with E-state index in [2.05, 4.69) is 20.5 Å². The van der Waals surface area contributed by atoms with Crippen LogP contribution in [0.4, 0.5) is 0 Å². The smallest absolute Gasteiger partial charge is 0.230 e. The number of carbonyl (C=O) groups is 1. The highest BCUT2D eigenvalue weighted by Gasteiger charge is 2.21. The highest BCUT2D eigenvalue weighted by atomic mass is 32.2. The molecule has 0 bridgehead atoms.